The van der Waals surface area contributed by atoms with Gasteiger partial charge in [0.15, 0.2) is 0 Å². The molecule has 1 aromatic carbocycles. The lowest BCUT2D eigenvalue weighted by Gasteiger charge is -2.21. The van der Waals surface area contributed by atoms with E-state index in [0.29, 0.717) is 5.56 Å². The van der Waals surface area contributed by atoms with Gasteiger partial charge in [0, 0.05) is 12.8 Å². The maximum absolute atomic E-state index is 12.3. The van der Waals surface area contributed by atoms with Crippen LogP contribution in [0.15, 0.2) is 24.3 Å². The normalized spacial score (nSPS) is 12.7. The summed E-state index contributed by atoms with van der Waals surface area (Å²) in [7, 11) is 0. The van der Waals surface area contributed by atoms with E-state index in [1.165, 1.54) is 24.3 Å². The third-order valence-electron chi connectivity index (χ3n) is 3.47. The van der Waals surface area contributed by atoms with Crippen molar-refractivity contribution in [2.75, 3.05) is 6.54 Å². The lowest BCUT2D eigenvalue weighted by Crippen LogP contribution is -2.53. The highest BCUT2D eigenvalue weighted by Gasteiger charge is 2.27. The van der Waals surface area contributed by atoms with Crippen LogP contribution in [0.25, 0.3) is 0 Å². The number of nitrogens with two attached hydrogens (primary N) is 1. The number of nitrogens with one attached hydrogen (secondary N) is 2. The van der Waals surface area contributed by atoms with Crippen molar-refractivity contribution in [3.63, 3.8) is 0 Å². The number of hydrogen-bond acceptors (Lipinski definition) is 6. The Morgan fingerprint density at radius 2 is 1.62 bits per heavy atom. The van der Waals surface area contributed by atoms with Crippen molar-refractivity contribution in [3.8, 4) is 5.75 Å². The molecular formula is C16H21N3O7. The van der Waals surface area contributed by atoms with Crippen molar-refractivity contribution in [2.45, 2.75) is 31.3 Å². The van der Waals surface area contributed by atoms with Crippen molar-refractivity contribution < 1.29 is 34.5 Å². The number of benzene rings is 1. The van der Waals surface area contributed by atoms with Crippen LogP contribution < -0.4 is 16.4 Å². The third-order valence-corrected chi connectivity index (χ3v) is 3.47. The summed E-state index contributed by atoms with van der Waals surface area (Å²) in [6.45, 7) is -0.396. The van der Waals surface area contributed by atoms with Gasteiger partial charge in [0.25, 0.3) is 0 Å². The topological polar surface area (TPSA) is 179 Å². The summed E-state index contributed by atoms with van der Waals surface area (Å²) in [6, 6.07) is 3.27. The van der Waals surface area contributed by atoms with Gasteiger partial charge in [0.05, 0.1) is 6.54 Å². The minimum Gasteiger partial charge on any atom is -0.508 e. The molecule has 26 heavy (non-hydrogen) atoms. The van der Waals surface area contributed by atoms with Crippen molar-refractivity contribution in [1.29, 1.82) is 0 Å². The summed E-state index contributed by atoms with van der Waals surface area (Å²) in [5.41, 5.74) is 5.72. The molecule has 0 aromatic heterocycles. The number of hydrogen-bond donors (Lipinski definition) is 6. The van der Waals surface area contributed by atoms with Crippen LogP contribution in [0.3, 0.4) is 0 Å². The Labute approximate surface area is 149 Å². The minimum atomic E-state index is -1.30. The first-order valence-electron chi connectivity index (χ1n) is 7.75. The largest absolute Gasteiger partial charge is 0.508 e. The molecule has 0 aliphatic rings. The highest BCUT2D eigenvalue weighted by molar-refractivity contribution is 5.91. The first kappa shape index (κ1) is 20.9. The van der Waals surface area contributed by atoms with Crippen LogP contribution in [0, 0.1) is 0 Å². The molecule has 0 saturated heterocycles. The van der Waals surface area contributed by atoms with E-state index in [1.807, 2.05) is 0 Å². The van der Waals surface area contributed by atoms with E-state index in [9.17, 15) is 29.4 Å². The average molecular weight is 367 g/mol. The molecule has 0 saturated carbocycles. The van der Waals surface area contributed by atoms with Gasteiger partial charge in [-0.1, -0.05) is 12.1 Å². The summed E-state index contributed by atoms with van der Waals surface area (Å²) >= 11 is 0. The molecule has 1 aromatic rings. The first-order chi connectivity index (χ1) is 12.2. The van der Waals surface area contributed by atoms with Crippen LogP contribution in [0.5, 0.6) is 5.75 Å². The Bertz CT molecular complexity index is 660. The number of carboxylic acid groups (broad SMARTS) is 2. The van der Waals surface area contributed by atoms with Gasteiger partial charge in [-0.25, -0.2) is 4.79 Å². The molecular weight excluding hydrogens is 346 g/mol. The predicted molar refractivity (Wildman–Crippen MR) is 89.2 cm³/mol. The van der Waals surface area contributed by atoms with Gasteiger partial charge in [0.1, 0.15) is 17.8 Å². The molecule has 10 nitrogen and oxygen atoms in total. The van der Waals surface area contributed by atoms with E-state index in [0.717, 1.165) is 0 Å². The van der Waals surface area contributed by atoms with Crippen LogP contribution >= 0.6 is 0 Å². The van der Waals surface area contributed by atoms with E-state index in [1.54, 1.807) is 0 Å². The van der Waals surface area contributed by atoms with Gasteiger partial charge in [-0.15, -0.1) is 0 Å². The number of carbonyl (C=O) groups is 4. The number of amides is 2. The van der Waals surface area contributed by atoms with Gasteiger partial charge in [-0.05, 0) is 24.1 Å². The standard InChI is InChI=1S/C16H21N3O7/c17-8-13(21)18-11(5-6-14(22)23)15(24)19-12(16(25)26)7-9-1-3-10(20)4-2-9/h1-4,11-12,20H,5-8,17H2,(H,18,21)(H,19,24)(H,22,23)(H,25,26). The summed E-state index contributed by atoms with van der Waals surface area (Å²) in [6.07, 6.45) is -0.658. The molecule has 2 unspecified atom stereocenters. The molecule has 0 radical (unpaired) electrons. The Morgan fingerprint density at radius 1 is 1.00 bits per heavy atom. The monoisotopic (exact) mass is 367 g/mol. The molecule has 0 fully saturated rings. The summed E-state index contributed by atoms with van der Waals surface area (Å²) in [5.74, 6) is -3.93. The number of aromatic hydroxyl groups is 1. The van der Waals surface area contributed by atoms with E-state index in [2.05, 4.69) is 10.6 Å². The highest BCUT2D eigenvalue weighted by atomic mass is 16.4. The molecule has 0 bridgehead atoms. The molecule has 0 aliphatic carbocycles. The smallest absolute Gasteiger partial charge is 0.326 e. The van der Waals surface area contributed by atoms with Crippen LogP contribution in [0.2, 0.25) is 0 Å². The second kappa shape index (κ2) is 9.99. The molecule has 2 atom stereocenters. The molecule has 0 heterocycles. The SMILES string of the molecule is NCC(=O)NC(CCC(=O)O)C(=O)NC(Cc1ccc(O)cc1)C(=O)O. The molecule has 10 heteroatoms. The first-order valence-corrected chi connectivity index (χ1v) is 7.75. The summed E-state index contributed by atoms with van der Waals surface area (Å²) < 4.78 is 0. The van der Waals surface area contributed by atoms with Crippen molar-refractivity contribution >= 4 is 23.8 Å². The molecule has 142 valence electrons. The minimum absolute atomic E-state index is 0.0166. The fourth-order valence-corrected chi connectivity index (χ4v) is 2.13. The van der Waals surface area contributed by atoms with Gasteiger partial charge < -0.3 is 31.7 Å². The van der Waals surface area contributed by atoms with Crippen LogP contribution in [-0.4, -0.2) is 57.7 Å². The number of phenols is 1. The van der Waals surface area contributed by atoms with Gasteiger partial charge >= 0.3 is 11.9 Å². The quantitative estimate of drug-likeness (QED) is 0.299. The second-order valence-corrected chi connectivity index (χ2v) is 5.53. The van der Waals surface area contributed by atoms with E-state index >= 15 is 0 Å². The van der Waals surface area contributed by atoms with Crippen LogP contribution in [0.1, 0.15) is 18.4 Å². The number of rotatable bonds is 10. The molecule has 0 aliphatic heterocycles. The maximum Gasteiger partial charge on any atom is 0.326 e. The van der Waals surface area contributed by atoms with Crippen molar-refractivity contribution in [2.24, 2.45) is 5.73 Å². The predicted octanol–water partition coefficient (Wildman–Crippen LogP) is -1.19. The van der Waals surface area contributed by atoms with Crippen LogP contribution in [0.4, 0.5) is 0 Å². The van der Waals surface area contributed by atoms with Gasteiger partial charge in [-0.3, -0.25) is 14.4 Å². The third kappa shape index (κ3) is 7.18. The van der Waals surface area contributed by atoms with Gasteiger partial charge in [0.2, 0.25) is 11.8 Å². The fourth-order valence-electron chi connectivity index (χ4n) is 2.13. The zero-order chi connectivity index (χ0) is 19.7. The van der Waals surface area contributed by atoms with E-state index in [-0.39, 0.29) is 18.6 Å². The Kier molecular flexibility index (Phi) is 8.03. The Balaban J connectivity index is 2.82. The van der Waals surface area contributed by atoms with Crippen molar-refractivity contribution in [1.82, 2.24) is 10.6 Å². The zero-order valence-electron chi connectivity index (χ0n) is 13.8. The summed E-state index contributed by atoms with van der Waals surface area (Å²) in [5, 5.41) is 31.8. The fraction of sp³-hybridized carbons (Fsp3) is 0.375. The molecule has 2 amide bonds. The molecule has 7 N–H and O–H groups in total. The molecule has 0 spiro atoms. The lowest BCUT2D eigenvalue weighted by atomic mass is 10.0. The van der Waals surface area contributed by atoms with Crippen molar-refractivity contribution in [3.05, 3.63) is 29.8 Å². The lowest BCUT2D eigenvalue weighted by molar-refractivity contribution is -0.142. The Morgan fingerprint density at radius 3 is 2.12 bits per heavy atom. The van der Waals surface area contributed by atoms with E-state index < -0.39 is 48.8 Å². The number of phenolic OH excluding ortho intramolecular Hbond substituents is 1. The number of carboxylic acids is 2. The number of aliphatic carboxylic acids is 2. The number of carbonyl (C=O) groups excluding carboxylic acids is 2. The highest BCUT2D eigenvalue weighted by Crippen LogP contribution is 2.11. The maximum atomic E-state index is 12.3. The summed E-state index contributed by atoms with van der Waals surface area (Å²) in [4.78, 5) is 45.8. The zero-order valence-corrected chi connectivity index (χ0v) is 13.8. The van der Waals surface area contributed by atoms with Gasteiger partial charge in [-0.2, -0.15) is 0 Å². The average Bonchev–Trinajstić information content (AvgIpc) is 2.59. The molecule has 1 rings (SSSR count). The van der Waals surface area contributed by atoms with E-state index in [4.69, 9.17) is 10.8 Å². The Hall–Kier alpha value is -3.14. The van der Waals surface area contributed by atoms with Crippen LogP contribution in [-0.2, 0) is 25.6 Å². The second-order valence-electron chi connectivity index (χ2n) is 5.53.